The Hall–Kier alpha value is -0.610. The normalized spacial score (nSPS) is 13.2. The van der Waals surface area contributed by atoms with Crippen LogP contribution in [0.3, 0.4) is 0 Å². The minimum absolute atomic E-state index is 0.661. The Morgan fingerprint density at radius 2 is 2.12 bits per heavy atom. The van der Waals surface area contributed by atoms with Crippen molar-refractivity contribution in [3.05, 3.63) is 22.7 Å². The summed E-state index contributed by atoms with van der Waals surface area (Å²) in [5.74, 6) is 1.36. The molecule has 2 aromatic rings. The molecule has 0 spiro atoms. The van der Waals surface area contributed by atoms with Crippen LogP contribution in [0.25, 0.3) is 10.2 Å². The molecule has 2 rings (SSSR count). The molecule has 17 heavy (non-hydrogen) atoms. The van der Waals surface area contributed by atoms with Crippen molar-refractivity contribution in [3.63, 3.8) is 0 Å². The van der Waals surface area contributed by atoms with Crippen LogP contribution in [-0.2, 0) is 0 Å². The number of hydrogen-bond acceptors (Lipinski definition) is 3. The maximum Gasteiger partial charge on any atom is 0.183 e. The van der Waals surface area contributed by atoms with Gasteiger partial charge in [0.2, 0.25) is 0 Å². The first kappa shape index (κ1) is 12.8. The van der Waals surface area contributed by atoms with Crippen molar-refractivity contribution in [1.82, 2.24) is 4.98 Å². The fourth-order valence-corrected chi connectivity index (χ4v) is 2.66. The van der Waals surface area contributed by atoms with E-state index in [1.54, 1.807) is 11.3 Å². The van der Waals surface area contributed by atoms with Gasteiger partial charge in [-0.3, -0.25) is 0 Å². The van der Waals surface area contributed by atoms with Crippen LogP contribution in [0.1, 0.15) is 20.8 Å². The van der Waals surface area contributed by atoms with E-state index in [1.165, 1.54) is 4.70 Å². The minimum Gasteiger partial charge on any atom is -0.361 e. The van der Waals surface area contributed by atoms with Crippen molar-refractivity contribution < 1.29 is 0 Å². The molecular formula is C13H17BrN2S. The zero-order valence-electron chi connectivity index (χ0n) is 10.3. The fraction of sp³-hybridized carbons (Fsp3) is 0.462. The summed E-state index contributed by atoms with van der Waals surface area (Å²) in [6.07, 6.45) is 0. The molecule has 92 valence electrons. The molecular weight excluding hydrogens is 296 g/mol. The monoisotopic (exact) mass is 312 g/mol. The Balaban J connectivity index is 2.09. The highest BCUT2D eigenvalue weighted by atomic mass is 79.9. The van der Waals surface area contributed by atoms with Crippen molar-refractivity contribution in [3.8, 4) is 0 Å². The molecule has 1 N–H and O–H groups in total. The van der Waals surface area contributed by atoms with Crippen LogP contribution < -0.4 is 5.32 Å². The van der Waals surface area contributed by atoms with E-state index >= 15 is 0 Å². The van der Waals surface area contributed by atoms with Gasteiger partial charge in [0.25, 0.3) is 0 Å². The zero-order chi connectivity index (χ0) is 12.4. The number of nitrogens with one attached hydrogen (secondary N) is 1. The summed E-state index contributed by atoms with van der Waals surface area (Å²) in [6.45, 7) is 7.75. The molecule has 0 bridgehead atoms. The molecule has 4 heteroatoms. The summed E-state index contributed by atoms with van der Waals surface area (Å²) in [5, 5.41) is 4.45. The third kappa shape index (κ3) is 3.19. The van der Waals surface area contributed by atoms with Crippen LogP contribution in [0.15, 0.2) is 22.7 Å². The molecule has 2 nitrogen and oxygen atoms in total. The topological polar surface area (TPSA) is 24.9 Å². The van der Waals surface area contributed by atoms with Crippen molar-refractivity contribution in [1.29, 1.82) is 0 Å². The zero-order valence-corrected chi connectivity index (χ0v) is 12.7. The van der Waals surface area contributed by atoms with E-state index in [0.29, 0.717) is 11.8 Å². The van der Waals surface area contributed by atoms with Crippen LogP contribution in [0, 0.1) is 11.8 Å². The average molecular weight is 313 g/mol. The average Bonchev–Trinajstić information content (AvgIpc) is 2.67. The summed E-state index contributed by atoms with van der Waals surface area (Å²) >= 11 is 5.18. The summed E-state index contributed by atoms with van der Waals surface area (Å²) in [7, 11) is 0. The number of thiazole rings is 1. The summed E-state index contributed by atoms with van der Waals surface area (Å²) in [4.78, 5) is 4.58. The van der Waals surface area contributed by atoms with Crippen molar-refractivity contribution in [2.24, 2.45) is 11.8 Å². The van der Waals surface area contributed by atoms with Gasteiger partial charge >= 0.3 is 0 Å². The van der Waals surface area contributed by atoms with Crippen molar-refractivity contribution >= 4 is 42.6 Å². The van der Waals surface area contributed by atoms with Gasteiger partial charge in [-0.2, -0.15) is 0 Å². The molecule has 0 radical (unpaired) electrons. The van der Waals surface area contributed by atoms with E-state index in [2.05, 4.69) is 65.2 Å². The van der Waals surface area contributed by atoms with Crippen LogP contribution in [0.5, 0.6) is 0 Å². The number of nitrogens with zero attached hydrogens (tertiary/aromatic N) is 1. The van der Waals surface area contributed by atoms with Crippen molar-refractivity contribution in [2.45, 2.75) is 20.8 Å². The molecule has 0 aliphatic heterocycles. The Bertz CT molecular complexity index is 507. The first-order valence-electron chi connectivity index (χ1n) is 5.86. The maximum atomic E-state index is 4.58. The van der Waals surface area contributed by atoms with E-state index in [1.807, 2.05) is 0 Å². The van der Waals surface area contributed by atoms with Crippen LogP contribution in [-0.4, -0.2) is 11.5 Å². The fourth-order valence-electron chi connectivity index (χ4n) is 1.46. The number of aromatic nitrogens is 1. The van der Waals surface area contributed by atoms with Gasteiger partial charge in [0.15, 0.2) is 5.13 Å². The van der Waals surface area contributed by atoms with E-state index < -0.39 is 0 Å². The standard InChI is InChI=1S/C13H17BrN2S/c1-8(2)9(3)7-15-13-16-11-6-10(14)4-5-12(11)17-13/h4-6,8-9H,7H2,1-3H3,(H,15,16). The van der Waals surface area contributed by atoms with Crippen LogP contribution in [0.2, 0.25) is 0 Å². The first-order valence-corrected chi connectivity index (χ1v) is 7.47. The third-order valence-corrected chi connectivity index (χ3v) is 4.55. The number of anilines is 1. The number of benzene rings is 1. The smallest absolute Gasteiger partial charge is 0.183 e. The molecule has 1 unspecified atom stereocenters. The van der Waals surface area contributed by atoms with E-state index in [-0.39, 0.29) is 0 Å². The van der Waals surface area contributed by atoms with E-state index in [0.717, 1.165) is 21.7 Å². The lowest BCUT2D eigenvalue weighted by atomic mass is 9.98. The second kappa shape index (κ2) is 5.36. The largest absolute Gasteiger partial charge is 0.361 e. The van der Waals surface area contributed by atoms with E-state index in [4.69, 9.17) is 0 Å². The number of hydrogen-bond donors (Lipinski definition) is 1. The van der Waals surface area contributed by atoms with Crippen molar-refractivity contribution in [2.75, 3.05) is 11.9 Å². The summed E-state index contributed by atoms with van der Waals surface area (Å²) in [6, 6.07) is 6.22. The highest BCUT2D eigenvalue weighted by Gasteiger charge is 2.08. The lowest BCUT2D eigenvalue weighted by Crippen LogP contribution is -2.15. The Kier molecular flexibility index (Phi) is 4.05. The van der Waals surface area contributed by atoms with Gasteiger partial charge in [0.1, 0.15) is 0 Å². The number of rotatable bonds is 4. The molecule has 0 aliphatic carbocycles. The summed E-state index contributed by atoms with van der Waals surface area (Å²) in [5.41, 5.74) is 1.06. The maximum absolute atomic E-state index is 4.58. The van der Waals surface area contributed by atoms with E-state index in [9.17, 15) is 0 Å². The van der Waals surface area contributed by atoms with Gasteiger partial charge in [-0.25, -0.2) is 4.98 Å². The number of halogens is 1. The highest BCUT2D eigenvalue weighted by molar-refractivity contribution is 9.10. The Morgan fingerprint density at radius 3 is 2.82 bits per heavy atom. The quantitative estimate of drug-likeness (QED) is 0.880. The molecule has 0 amide bonds. The van der Waals surface area contributed by atoms with Gasteiger partial charge in [-0.15, -0.1) is 0 Å². The second-order valence-corrected chi connectivity index (χ2v) is 6.68. The molecule has 0 saturated carbocycles. The lowest BCUT2D eigenvalue weighted by molar-refractivity contribution is 0.440. The predicted octanol–water partition coefficient (Wildman–Crippen LogP) is 4.76. The van der Waals surface area contributed by atoms with Crippen LogP contribution in [0.4, 0.5) is 5.13 Å². The highest BCUT2D eigenvalue weighted by Crippen LogP contribution is 2.28. The number of fused-ring (bicyclic) bond motifs is 1. The Morgan fingerprint density at radius 1 is 1.35 bits per heavy atom. The molecule has 1 aromatic heterocycles. The third-order valence-electron chi connectivity index (χ3n) is 3.06. The first-order chi connectivity index (χ1) is 8.06. The molecule has 0 saturated heterocycles. The molecule has 0 aliphatic rings. The minimum atomic E-state index is 0.661. The molecule has 1 atom stereocenters. The van der Waals surface area contributed by atoms with Gasteiger partial charge in [-0.05, 0) is 30.0 Å². The Labute approximate surface area is 115 Å². The molecule has 0 fully saturated rings. The van der Waals surface area contributed by atoms with Gasteiger partial charge in [-0.1, -0.05) is 48.0 Å². The van der Waals surface area contributed by atoms with Gasteiger partial charge in [0, 0.05) is 11.0 Å². The molecule has 1 heterocycles. The lowest BCUT2D eigenvalue weighted by Gasteiger charge is -2.15. The predicted molar refractivity (Wildman–Crippen MR) is 79.8 cm³/mol. The summed E-state index contributed by atoms with van der Waals surface area (Å²) < 4.78 is 2.31. The van der Waals surface area contributed by atoms with Gasteiger partial charge in [0.05, 0.1) is 10.2 Å². The second-order valence-electron chi connectivity index (χ2n) is 4.73. The van der Waals surface area contributed by atoms with Crippen LogP contribution >= 0.6 is 27.3 Å². The molecule has 1 aromatic carbocycles. The van der Waals surface area contributed by atoms with Gasteiger partial charge < -0.3 is 5.32 Å². The SMILES string of the molecule is CC(C)C(C)CNc1nc2cc(Br)ccc2s1.